The van der Waals surface area contributed by atoms with E-state index in [2.05, 4.69) is 68.7 Å². The Morgan fingerprint density at radius 1 is 1.05 bits per heavy atom. The van der Waals surface area contributed by atoms with Gasteiger partial charge in [0.05, 0.1) is 0 Å². The molecule has 3 fully saturated rings. The van der Waals surface area contributed by atoms with Crippen LogP contribution in [0, 0.1) is 30.5 Å². The summed E-state index contributed by atoms with van der Waals surface area (Å²) in [4.78, 5) is 17.7. The third-order valence-corrected chi connectivity index (χ3v) is 10.7. The summed E-state index contributed by atoms with van der Waals surface area (Å²) in [5.41, 5.74) is 3.23. The summed E-state index contributed by atoms with van der Waals surface area (Å²) in [6, 6.07) is 16.1. The van der Waals surface area contributed by atoms with Crippen LogP contribution in [-0.2, 0) is 27.9 Å². The molecule has 1 aromatic heterocycles. The minimum Gasteiger partial charge on any atom is -0.462 e. The third kappa shape index (κ3) is 6.28. The van der Waals surface area contributed by atoms with Gasteiger partial charge < -0.3 is 19.1 Å². The fourth-order valence-corrected chi connectivity index (χ4v) is 8.39. The summed E-state index contributed by atoms with van der Waals surface area (Å²) in [5, 5.41) is 8.69. The number of carbonyl (C=O) groups excluding carboxylic acids is 1. The molecule has 2 saturated heterocycles. The van der Waals surface area contributed by atoms with E-state index in [0.717, 1.165) is 82.6 Å². The van der Waals surface area contributed by atoms with Crippen molar-refractivity contribution in [1.29, 1.82) is 0 Å². The lowest BCUT2D eigenvalue weighted by Crippen LogP contribution is -2.55. The fraction of sp³-hybridized carbons (Fsp3) is 0.583. The number of anilines is 1. The van der Waals surface area contributed by atoms with E-state index in [1.807, 2.05) is 19.3 Å². The van der Waals surface area contributed by atoms with E-state index < -0.39 is 5.41 Å². The van der Waals surface area contributed by atoms with Crippen LogP contribution in [0.2, 0.25) is 0 Å². The van der Waals surface area contributed by atoms with Crippen LogP contribution in [0.3, 0.4) is 0 Å². The lowest BCUT2D eigenvalue weighted by molar-refractivity contribution is -0.152. The molecule has 44 heavy (non-hydrogen) atoms. The molecule has 0 N–H and O–H groups in total. The number of likely N-dealkylation sites (tertiary alicyclic amines) is 1. The first-order valence-electron chi connectivity index (χ1n) is 16.8. The maximum absolute atomic E-state index is 15.0. The van der Waals surface area contributed by atoms with E-state index in [0.29, 0.717) is 24.8 Å². The summed E-state index contributed by atoms with van der Waals surface area (Å²) < 4.78 is 23.4. The first-order valence-corrected chi connectivity index (χ1v) is 16.8. The highest BCUT2D eigenvalue weighted by Crippen LogP contribution is 2.52. The van der Waals surface area contributed by atoms with Crippen molar-refractivity contribution in [3.8, 4) is 0 Å². The van der Waals surface area contributed by atoms with Crippen LogP contribution in [0.15, 0.2) is 54.9 Å². The number of hydrogen-bond acceptors (Lipinski definition) is 6. The minimum absolute atomic E-state index is 0.0955. The monoisotopic (exact) mass is 601 g/mol. The number of ether oxygens (including phenoxy) is 1. The van der Waals surface area contributed by atoms with Crippen molar-refractivity contribution in [2.24, 2.45) is 17.8 Å². The number of benzene rings is 2. The molecule has 7 nitrogen and oxygen atoms in total. The summed E-state index contributed by atoms with van der Waals surface area (Å²) in [6.07, 6.45) is 7.67. The van der Waals surface area contributed by atoms with Crippen LogP contribution in [0.25, 0.3) is 0 Å². The quantitative estimate of drug-likeness (QED) is 0.244. The summed E-state index contributed by atoms with van der Waals surface area (Å²) >= 11 is 0. The van der Waals surface area contributed by atoms with E-state index in [9.17, 15) is 4.79 Å². The van der Waals surface area contributed by atoms with E-state index in [1.54, 1.807) is 6.07 Å². The molecule has 0 bridgehead atoms. The van der Waals surface area contributed by atoms with Crippen LogP contribution in [0.4, 0.5) is 10.1 Å². The van der Waals surface area contributed by atoms with Crippen molar-refractivity contribution in [2.75, 3.05) is 37.6 Å². The van der Waals surface area contributed by atoms with E-state index >= 15 is 4.39 Å². The Hall–Kier alpha value is -3.26. The van der Waals surface area contributed by atoms with Gasteiger partial charge in [0, 0.05) is 62.0 Å². The normalized spacial score (nSPS) is 23.0. The van der Waals surface area contributed by atoms with Gasteiger partial charge in [0.1, 0.15) is 24.1 Å². The minimum atomic E-state index is -0.408. The van der Waals surface area contributed by atoms with Crippen molar-refractivity contribution in [1.82, 2.24) is 19.7 Å². The number of halogens is 1. The van der Waals surface area contributed by atoms with Gasteiger partial charge in [-0.25, -0.2) is 4.39 Å². The maximum atomic E-state index is 15.0. The Balaban J connectivity index is 1.25. The Bertz CT molecular complexity index is 1400. The van der Waals surface area contributed by atoms with E-state index in [1.165, 1.54) is 17.3 Å². The van der Waals surface area contributed by atoms with Crippen molar-refractivity contribution in [2.45, 2.75) is 83.8 Å². The van der Waals surface area contributed by atoms with Crippen LogP contribution in [-0.4, -0.2) is 64.5 Å². The lowest BCUT2D eigenvalue weighted by Gasteiger charge is -2.51. The second-order valence-electron chi connectivity index (χ2n) is 13.4. The predicted molar refractivity (Wildman–Crippen MR) is 171 cm³/mol. The second kappa shape index (κ2) is 13.4. The van der Waals surface area contributed by atoms with Crippen LogP contribution in [0.5, 0.6) is 0 Å². The number of rotatable bonds is 11. The molecular formula is C36H48FN5O2. The zero-order valence-electron chi connectivity index (χ0n) is 26.6. The molecule has 236 valence electrons. The number of nitrogens with zero attached hydrogens (tertiary/aromatic N) is 5. The Morgan fingerprint density at radius 2 is 1.82 bits per heavy atom. The van der Waals surface area contributed by atoms with E-state index in [-0.39, 0.29) is 23.8 Å². The highest BCUT2D eigenvalue weighted by molar-refractivity contribution is 5.69. The van der Waals surface area contributed by atoms with Gasteiger partial charge in [0.15, 0.2) is 0 Å². The fourth-order valence-electron chi connectivity index (χ4n) is 8.39. The number of esters is 1. The number of aryl methyl sites for hydroxylation is 2. The smallest absolute Gasteiger partial charge is 0.305 e. The number of hydrogen-bond donors (Lipinski definition) is 0. The van der Waals surface area contributed by atoms with Crippen LogP contribution < -0.4 is 4.90 Å². The molecule has 1 saturated carbocycles. The van der Waals surface area contributed by atoms with Crippen LogP contribution in [0.1, 0.15) is 69.3 Å². The average molecular weight is 602 g/mol. The Morgan fingerprint density at radius 3 is 2.52 bits per heavy atom. The summed E-state index contributed by atoms with van der Waals surface area (Å²) in [5.74, 6) is 1.65. The number of carbonyl (C=O) groups is 1. The molecule has 8 heteroatoms. The molecule has 2 aliphatic heterocycles. The molecule has 0 radical (unpaired) electrons. The molecule has 3 heterocycles. The van der Waals surface area contributed by atoms with Crippen molar-refractivity contribution < 1.29 is 13.9 Å². The zero-order chi connectivity index (χ0) is 30.7. The summed E-state index contributed by atoms with van der Waals surface area (Å²) in [6.45, 7) is 12.1. The SMILES string of the molecule is CCC(=O)O[C@H]1CCC[C@@H]1[C@](Cn1cnnc1CC)(c1cccc(F)c1)C1CCN(CC2CN(c3ccc(C)cc3)C2)CC1. The Kier molecular flexibility index (Phi) is 9.36. The molecule has 0 amide bonds. The van der Waals surface area contributed by atoms with Gasteiger partial charge in [0.2, 0.25) is 0 Å². The van der Waals surface area contributed by atoms with Gasteiger partial charge in [-0.15, -0.1) is 10.2 Å². The van der Waals surface area contributed by atoms with Gasteiger partial charge in [0.25, 0.3) is 0 Å². The van der Waals surface area contributed by atoms with Gasteiger partial charge in [-0.3, -0.25) is 4.79 Å². The third-order valence-electron chi connectivity index (χ3n) is 10.7. The predicted octanol–water partition coefficient (Wildman–Crippen LogP) is 6.20. The summed E-state index contributed by atoms with van der Waals surface area (Å²) in [7, 11) is 0. The first kappa shape index (κ1) is 30.8. The standard InChI is InChI=1S/C36H48FN5O2/c1-4-34-39-38-25-42(34)24-36(29-8-6-9-30(37)20-29,32-10-7-11-33(32)44-35(43)5-2)28-16-18-40(19-17-28)21-27-22-41(23-27)31-14-12-26(3)13-15-31/h6,8-9,12-15,20,25,27-28,32-33H,4-5,7,10-11,16-19,21-24H2,1-3H3/t32-,33-,36-/m0/s1. The highest BCUT2D eigenvalue weighted by Gasteiger charge is 2.53. The molecule has 0 unspecified atom stereocenters. The van der Waals surface area contributed by atoms with Crippen molar-refractivity contribution in [3.05, 3.63) is 77.6 Å². The molecular weight excluding hydrogens is 553 g/mol. The lowest BCUT2D eigenvalue weighted by atomic mass is 9.58. The molecule has 3 aromatic rings. The highest BCUT2D eigenvalue weighted by atomic mass is 19.1. The molecule has 0 spiro atoms. The first-order chi connectivity index (χ1) is 21.4. The van der Waals surface area contributed by atoms with Gasteiger partial charge in [-0.05, 0) is 87.9 Å². The molecule has 3 aliphatic rings. The molecule has 2 aromatic carbocycles. The van der Waals surface area contributed by atoms with Crippen LogP contribution >= 0.6 is 0 Å². The largest absolute Gasteiger partial charge is 0.462 e. The van der Waals surface area contributed by atoms with Gasteiger partial charge in [-0.2, -0.15) is 0 Å². The maximum Gasteiger partial charge on any atom is 0.305 e. The van der Waals surface area contributed by atoms with Crippen molar-refractivity contribution >= 4 is 11.7 Å². The molecule has 1 aliphatic carbocycles. The number of aromatic nitrogens is 3. The number of piperidine rings is 1. The second-order valence-corrected chi connectivity index (χ2v) is 13.4. The van der Waals surface area contributed by atoms with E-state index in [4.69, 9.17) is 4.74 Å². The molecule has 6 rings (SSSR count). The Labute approximate surface area is 261 Å². The van der Waals surface area contributed by atoms with Crippen molar-refractivity contribution in [3.63, 3.8) is 0 Å². The average Bonchev–Trinajstić information content (AvgIpc) is 3.67. The molecule has 3 atom stereocenters. The topological polar surface area (TPSA) is 63.5 Å². The van der Waals surface area contributed by atoms with Gasteiger partial charge >= 0.3 is 5.97 Å². The van der Waals surface area contributed by atoms with Gasteiger partial charge in [-0.1, -0.05) is 43.7 Å². The zero-order valence-corrected chi connectivity index (χ0v) is 26.6.